The first-order valence-corrected chi connectivity index (χ1v) is 6.61. The molecule has 1 aromatic heterocycles. The van der Waals surface area contributed by atoms with Crippen LogP contribution >= 0.6 is 0 Å². The number of nitrogen functional groups attached to an aromatic ring is 1. The Morgan fingerprint density at radius 2 is 2.05 bits per heavy atom. The Morgan fingerprint density at radius 1 is 1.30 bits per heavy atom. The number of nitrogens with zero attached hydrogens (tertiary/aromatic N) is 3. The van der Waals surface area contributed by atoms with Crippen molar-refractivity contribution < 1.29 is 13.2 Å². The van der Waals surface area contributed by atoms with Gasteiger partial charge < -0.3 is 10.3 Å². The molecular weight excluding hydrogens is 271 g/mol. The second-order valence-electron chi connectivity index (χ2n) is 4.97. The first kappa shape index (κ1) is 14.8. The lowest BCUT2D eigenvalue weighted by atomic mass is 10.1. The zero-order valence-electron chi connectivity index (χ0n) is 11.2. The van der Waals surface area contributed by atoms with E-state index in [9.17, 15) is 13.2 Å². The van der Waals surface area contributed by atoms with Crippen LogP contribution in [-0.4, -0.2) is 22.6 Å². The summed E-state index contributed by atoms with van der Waals surface area (Å²) in [5.74, 6) is 4.28. The van der Waals surface area contributed by atoms with Gasteiger partial charge in [-0.25, -0.2) is 15.8 Å². The van der Waals surface area contributed by atoms with Gasteiger partial charge in [-0.05, 0) is 19.8 Å². The quantitative estimate of drug-likeness (QED) is 0.647. The molecule has 5 nitrogen and oxygen atoms in total. The average Bonchev–Trinajstić information content (AvgIpc) is 2.62. The Hall–Kier alpha value is -1.57. The Kier molecular flexibility index (Phi) is 4.32. The van der Waals surface area contributed by atoms with E-state index in [1.165, 1.54) is 6.07 Å². The normalized spacial score (nSPS) is 20.6. The summed E-state index contributed by atoms with van der Waals surface area (Å²) in [6, 6.07) is 1.61. The van der Waals surface area contributed by atoms with Gasteiger partial charge in [-0.3, -0.25) is 0 Å². The van der Waals surface area contributed by atoms with Crippen LogP contribution < -0.4 is 16.2 Å². The molecule has 1 aliphatic rings. The van der Waals surface area contributed by atoms with Gasteiger partial charge in [0.25, 0.3) is 0 Å². The van der Waals surface area contributed by atoms with Gasteiger partial charge >= 0.3 is 6.18 Å². The van der Waals surface area contributed by atoms with Crippen molar-refractivity contribution in [3.8, 4) is 0 Å². The fourth-order valence-electron chi connectivity index (χ4n) is 2.40. The molecule has 0 spiro atoms. The van der Waals surface area contributed by atoms with Crippen LogP contribution in [0.25, 0.3) is 0 Å². The lowest BCUT2D eigenvalue weighted by Crippen LogP contribution is -2.34. The Balaban J connectivity index is 2.39. The summed E-state index contributed by atoms with van der Waals surface area (Å²) in [7, 11) is 0. The molecule has 0 amide bonds. The molecular formula is C12H18F3N5. The van der Waals surface area contributed by atoms with Gasteiger partial charge in [0.1, 0.15) is 11.6 Å². The van der Waals surface area contributed by atoms with Crippen LogP contribution in [0.5, 0.6) is 0 Å². The summed E-state index contributed by atoms with van der Waals surface area (Å²) in [5, 5.41) is 0. The summed E-state index contributed by atoms with van der Waals surface area (Å²) >= 11 is 0. The minimum absolute atomic E-state index is 0.0289. The third-order valence-electron chi connectivity index (χ3n) is 3.46. The number of hydrogen-bond acceptors (Lipinski definition) is 5. The summed E-state index contributed by atoms with van der Waals surface area (Å²) < 4.78 is 38.5. The molecule has 2 rings (SSSR count). The van der Waals surface area contributed by atoms with Crippen molar-refractivity contribution in [3.63, 3.8) is 0 Å². The highest BCUT2D eigenvalue weighted by atomic mass is 19.4. The number of hydrogen-bond donors (Lipinski definition) is 2. The van der Waals surface area contributed by atoms with Gasteiger partial charge in [0.15, 0.2) is 0 Å². The zero-order valence-corrected chi connectivity index (χ0v) is 11.2. The van der Waals surface area contributed by atoms with Crippen molar-refractivity contribution in [3.05, 3.63) is 11.9 Å². The minimum Gasteiger partial charge on any atom is -0.354 e. The first-order chi connectivity index (χ1) is 9.41. The first-order valence-electron chi connectivity index (χ1n) is 6.61. The van der Waals surface area contributed by atoms with Gasteiger partial charge in [-0.2, -0.15) is 13.2 Å². The number of alkyl halides is 3. The Morgan fingerprint density at radius 3 is 2.70 bits per heavy atom. The van der Waals surface area contributed by atoms with E-state index in [-0.39, 0.29) is 17.7 Å². The summed E-state index contributed by atoms with van der Waals surface area (Å²) in [6.45, 7) is 2.69. The molecule has 8 heteroatoms. The predicted molar refractivity (Wildman–Crippen MR) is 70.1 cm³/mol. The van der Waals surface area contributed by atoms with Crippen LogP contribution in [0, 0.1) is 0 Å². The van der Waals surface area contributed by atoms with E-state index in [4.69, 9.17) is 5.84 Å². The number of nitrogens with two attached hydrogens (primary N) is 1. The molecule has 20 heavy (non-hydrogen) atoms. The van der Waals surface area contributed by atoms with Crippen molar-refractivity contribution in [1.82, 2.24) is 9.97 Å². The van der Waals surface area contributed by atoms with E-state index >= 15 is 0 Å². The SMILES string of the molecule is CC1CCCCCN1c1cc(NN)nc(C(F)(F)F)n1. The Labute approximate surface area is 115 Å². The average molecular weight is 289 g/mol. The molecule has 0 aromatic carbocycles. The monoisotopic (exact) mass is 289 g/mol. The molecule has 0 radical (unpaired) electrons. The third kappa shape index (κ3) is 3.30. The molecule has 0 aliphatic carbocycles. The maximum atomic E-state index is 12.8. The lowest BCUT2D eigenvalue weighted by molar-refractivity contribution is -0.144. The van der Waals surface area contributed by atoms with E-state index in [0.717, 1.165) is 25.7 Å². The van der Waals surface area contributed by atoms with Crippen LogP contribution in [0.15, 0.2) is 6.07 Å². The molecule has 0 bridgehead atoms. The van der Waals surface area contributed by atoms with Gasteiger partial charge in [-0.1, -0.05) is 12.8 Å². The smallest absolute Gasteiger partial charge is 0.354 e. The van der Waals surface area contributed by atoms with Crippen LogP contribution in [0.3, 0.4) is 0 Å². The molecule has 0 saturated carbocycles. The fraction of sp³-hybridized carbons (Fsp3) is 0.667. The summed E-state index contributed by atoms with van der Waals surface area (Å²) in [4.78, 5) is 8.92. The predicted octanol–water partition coefficient (Wildman–Crippen LogP) is 2.55. The number of nitrogens with one attached hydrogen (secondary N) is 1. The van der Waals surface area contributed by atoms with Gasteiger partial charge in [0, 0.05) is 18.7 Å². The number of rotatable bonds is 2. The third-order valence-corrected chi connectivity index (χ3v) is 3.46. The Bertz CT molecular complexity index is 463. The van der Waals surface area contributed by atoms with Crippen molar-refractivity contribution in [1.29, 1.82) is 0 Å². The van der Waals surface area contributed by atoms with E-state index < -0.39 is 12.0 Å². The molecule has 1 saturated heterocycles. The minimum atomic E-state index is -4.59. The van der Waals surface area contributed by atoms with Crippen LogP contribution in [0.1, 0.15) is 38.4 Å². The van der Waals surface area contributed by atoms with Crippen molar-refractivity contribution >= 4 is 11.6 Å². The largest absolute Gasteiger partial charge is 0.451 e. The molecule has 1 aliphatic heterocycles. The summed E-state index contributed by atoms with van der Waals surface area (Å²) in [5.41, 5.74) is 2.17. The van der Waals surface area contributed by atoms with Crippen molar-refractivity contribution in [2.75, 3.05) is 16.9 Å². The second kappa shape index (κ2) is 5.82. The number of anilines is 2. The maximum absolute atomic E-state index is 12.8. The highest BCUT2D eigenvalue weighted by Crippen LogP contribution is 2.30. The standard InChI is InChI=1S/C12H18F3N5/c1-8-5-3-2-4-6-20(8)10-7-9(19-16)17-11(18-10)12(13,14)15/h7-8H,2-6,16H2,1H3,(H,17,18,19). The zero-order chi connectivity index (χ0) is 14.8. The molecule has 1 fully saturated rings. The number of aromatic nitrogens is 2. The molecule has 3 N–H and O–H groups in total. The fourth-order valence-corrected chi connectivity index (χ4v) is 2.40. The molecule has 2 heterocycles. The molecule has 1 aromatic rings. The van der Waals surface area contributed by atoms with Gasteiger partial charge in [-0.15, -0.1) is 0 Å². The van der Waals surface area contributed by atoms with E-state index in [1.54, 1.807) is 0 Å². The van der Waals surface area contributed by atoms with Gasteiger partial charge in [0.05, 0.1) is 0 Å². The van der Waals surface area contributed by atoms with Crippen molar-refractivity contribution in [2.45, 2.75) is 44.8 Å². The lowest BCUT2D eigenvalue weighted by Gasteiger charge is -2.28. The van der Waals surface area contributed by atoms with E-state index in [1.807, 2.05) is 11.8 Å². The number of hydrazine groups is 1. The van der Waals surface area contributed by atoms with E-state index in [2.05, 4.69) is 15.4 Å². The molecule has 1 unspecified atom stereocenters. The van der Waals surface area contributed by atoms with Gasteiger partial charge in [0.2, 0.25) is 5.82 Å². The van der Waals surface area contributed by atoms with Crippen LogP contribution in [-0.2, 0) is 6.18 Å². The van der Waals surface area contributed by atoms with Crippen LogP contribution in [0.4, 0.5) is 24.8 Å². The van der Waals surface area contributed by atoms with Crippen molar-refractivity contribution in [2.24, 2.45) is 5.84 Å². The number of halogens is 3. The van der Waals surface area contributed by atoms with E-state index in [0.29, 0.717) is 6.54 Å². The highest BCUT2D eigenvalue weighted by Gasteiger charge is 2.36. The summed E-state index contributed by atoms with van der Waals surface area (Å²) in [6.07, 6.45) is -0.536. The molecule has 112 valence electrons. The highest BCUT2D eigenvalue weighted by molar-refractivity contribution is 5.50. The topological polar surface area (TPSA) is 67.1 Å². The second-order valence-corrected chi connectivity index (χ2v) is 4.97. The van der Waals surface area contributed by atoms with Crippen LogP contribution in [0.2, 0.25) is 0 Å². The maximum Gasteiger partial charge on any atom is 0.451 e. The molecule has 1 atom stereocenters.